The number of piperidine rings is 1. The lowest BCUT2D eigenvalue weighted by Crippen LogP contribution is -2.33. The molecule has 2 aromatic rings. The number of hydrogen-bond donors (Lipinski definition) is 2. The number of rotatable bonds is 10. The molecule has 1 aromatic carbocycles. The van der Waals surface area contributed by atoms with E-state index in [1.165, 1.54) is 32.4 Å². The molecule has 0 bridgehead atoms. The largest absolute Gasteiger partial charge is 0.490 e. The average Bonchev–Trinajstić information content (AvgIpc) is 3.26. The van der Waals surface area contributed by atoms with Crippen LogP contribution in [0.2, 0.25) is 0 Å². The third kappa shape index (κ3) is 7.22. The number of aromatic nitrogens is 1. The van der Waals surface area contributed by atoms with Crippen LogP contribution in [-0.2, 0) is 0 Å². The Morgan fingerprint density at radius 3 is 2.66 bits per heavy atom. The Morgan fingerprint density at radius 2 is 1.97 bits per heavy atom. The van der Waals surface area contributed by atoms with Crippen molar-refractivity contribution in [1.29, 1.82) is 0 Å². The Morgan fingerprint density at radius 1 is 1.17 bits per heavy atom. The molecule has 0 aliphatic carbocycles. The highest BCUT2D eigenvalue weighted by atomic mass is 16.5. The molecule has 0 amide bonds. The zero-order valence-corrected chi connectivity index (χ0v) is 17.9. The normalized spacial score (nSPS) is 14.0. The maximum absolute atomic E-state index is 10.9. The van der Waals surface area contributed by atoms with Crippen LogP contribution in [0.3, 0.4) is 0 Å². The molecule has 0 atom stereocenters. The quantitative estimate of drug-likeness (QED) is 0.467. The summed E-state index contributed by atoms with van der Waals surface area (Å²) >= 11 is 0. The summed E-state index contributed by atoms with van der Waals surface area (Å²) in [6.07, 6.45) is 9.39. The van der Waals surface area contributed by atoms with E-state index in [1.54, 1.807) is 6.07 Å². The molecule has 2 heterocycles. The first-order valence-electron chi connectivity index (χ1n) is 10.9. The van der Waals surface area contributed by atoms with Crippen molar-refractivity contribution < 1.29 is 9.53 Å². The van der Waals surface area contributed by atoms with Gasteiger partial charge in [0.15, 0.2) is 6.29 Å². The maximum atomic E-state index is 10.9. The lowest BCUT2D eigenvalue weighted by molar-refractivity contribution is 0.112. The second-order valence-corrected chi connectivity index (χ2v) is 6.97. The van der Waals surface area contributed by atoms with Crippen molar-refractivity contribution in [2.24, 2.45) is 5.73 Å². The number of anilines is 1. The van der Waals surface area contributed by atoms with Gasteiger partial charge in [-0.2, -0.15) is 0 Å². The first-order chi connectivity index (χ1) is 14.3. The molecule has 0 spiro atoms. The lowest BCUT2D eigenvalue weighted by atomic mass is 10.1. The average molecular weight is 401 g/mol. The van der Waals surface area contributed by atoms with Gasteiger partial charge in [-0.05, 0) is 57.1 Å². The van der Waals surface area contributed by atoms with E-state index in [2.05, 4.69) is 10.2 Å². The molecule has 0 saturated carbocycles. The van der Waals surface area contributed by atoms with E-state index in [0.717, 1.165) is 42.9 Å². The van der Waals surface area contributed by atoms with Gasteiger partial charge in [0.2, 0.25) is 0 Å². The summed E-state index contributed by atoms with van der Waals surface area (Å²) in [6, 6.07) is 7.88. The van der Waals surface area contributed by atoms with Crippen LogP contribution in [-0.4, -0.2) is 55.1 Å². The van der Waals surface area contributed by atoms with Gasteiger partial charge in [0.05, 0.1) is 5.69 Å². The van der Waals surface area contributed by atoms with E-state index >= 15 is 0 Å². The molecular formula is C23H36N4O2. The van der Waals surface area contributed by atoms with Gasteiger partial charge < -0.3 is 20.4 Å². The Labute approximate surface area is 175 Å². The summed E-state index contributed by atoms with van der Waals surface area (Å²) in [5.74, 6) is 0.836. The fourth-order valence-electron chi connectivity index (χ4n) is 3.37. The molecule has 3 rings (SSSR count). The fraction of sp³-hybridized carbons (Fsp3) is 0.522. The molecule has 0 radical (unpaired) electrons. The first-order valence-corrected chi connectivity index (χ1v) is 10.9. The topological polar surface area (TPSA) is 72.5 Å². The van der Waals surface area contributed by atoms with E-state index in [0.29, 0.717) is 18.7 Å². The van der Waals surface area contributed by atoms with Gasteiger partial charge in [0.25, 0.3) is 0 Å². The van der Waals surface area contributed by atoms with Gasteiger partial charge in [-0.15, -0.1) is 0 Å². The second-order valence-electron chi connectivity index (χ2n) is 6.97. The summed E-state index contributed by atoms with van der Waals surface area (Å²) in [5, 5.41) is 3.41. The molecule has 1 saturated heterocycles. The molecule has 1 aliphatic heterocycles. The smallest absolute Gasteiger partial charge is 0.151 e. The molecule has 1 aromatic heterocycles. The number of nitrogens with two attached hydrogens (primary N) is 1. The van der Waals surface area contributed by atoms with Crippen LogP contribution in [0.15, 0.2) is 36.7 Å². The second kappa shape index (κ2) is 13.0. The molecule has 160 valence electrons. The van der Waals surface area contributed by atoms with Crippen LogP contribution in [0.5, 0.6) is 5.75 Å². The number of carbonyl (C=O) groups is 1. The number of hydrogen-bond acceptors (Lipinski definition) is 5. The van der Waals surface area contributed by atoms with Gasteiger partial charge in [-0.1, -0.05) is 20.3 Å². The highest BCUT2D eigenvalue weighted by molar-refractivity contribution is 5.74. The predicted octanol–water partition coefficient (Wildman–Crippen LogP) is 3.94. The van der Waals surface area contributed by atoms with Gasteiger partial charge in [0.1, 0.15) is 12.4 Å². The zero-order valence-electron chi connectivity index (χ0n) is 17.9. The van der Waals surface area contributed by atoms with Crippen LogP contribution in [0.1, 0.15) is 49.9 Å². The minimum atomic E-state index is 0.660. The summed E-state index contributed by atoms with van der Waals surface area (Å²) in [7, 11) is 0. The van der Waals surface area contributed by atoms with Crippen molar-refractivity contribution in [2.75, 3.05) is 44.6 Å². The number of benzene rings is 1. The Hall–Kier alpha value is -2.31. The highest BCUT2D eigenvalue weighted by Crippen LogP contribution is 2.28. The highest BCUT2D eigenvalue weighted by Gasteiger charge is 2.11. The first kappa shape index (κ1) is 23.0. The van der Waals surface area contributed by atoms with Crippen molar-refractivity contribution in [3.8, 4) is 11.4 Å². The molecule has 1 fully saturated rings. The van der Waals surface area contributed by atoms with E-state index in [4.69, 9.17) is 10.5 Å². The summed E-state index contributed by atoms with van der Waals surface area (Å²) in [6.45, 7) is 9.43. The van der Waals surface area contributed by atoms with Gasteiger partial charge in [-0.3, -0.25) is 9.69 Å². The molecule has 29 heavy (non-hydrogen) atoms. The van der Waals surface area contributed by atoms with Crippen molar-refractivity contribution in [1.82, 2.24) is 9.47 Å². The summed E-state index contributed by atoms with van der Waals surface area (Å²) in [5.41, 5.74) is 8.21. The number of likely N-dealkylation sites (tertiary alicyclic amines) is 1. The van der Waals surface area contributed by atoms with Crippen LogP contribution >= 0.6 is 0 Å². The number of nitrogens with zero attached hydrogens (tertiary/aromatic N) is 2. The predicted molar refractivity (Wildman–Crippen MR) is 120 cm³/mol. The Balaban J connectivity index is 0.00000145. The third-order valence-electron chi connectivity index (χ3n) is 4.93. The Kier molecular flexibility index (Phi) is 10.3. The molecule has 3 N–H and O–H groups in total. The van der Waals surface area contributed by atoms with Crippen molar-refractivity contribution >= 4 is 12.0 Å². The lowest BCUT2D eigenvalue weighted by Gasteiger charge is -2.26. The van der Waals surface area contributed by atoms with Crippen molar-refractivity contribution in [2.45, 2.75) is 39.5 Å². The SMILES string of the molecule is CC.NCCCNc1ccc(-n2ccc(C=O)c2)cc1OCCN1CCCCC1. The minimum Gasteiger partial charge on any atom is -0.490 e. The van der Waals surface area contributed by atoms with Crippen LogP contribution in [0.25, 0.3) is 5.69 Å². The molecule has 6 nitrogen and oxygen atoms in total. The van der Waals surface area contributed by atoms with E-state index in [1.807, 2.05) is 49.0 Å². The van der Waals surface area contributed by atoms with Crippen molar-refractivity contribution in [3.05, 3.63) is 42.2 Å². The van der Waals surface area contributed by atoms with E-state index in [-0.39, 0.29) is 0 Å². The standard InChI is InChI=1S/C21H30N4O2.C2H6/c22-8-4-9-23-20-6-5-19(25-12-7-18(16-25)17-26)15-21(20)27-14-13-24-10-2-1-3-11-24;1-2/h5-7,12,15-17,23H,1-4,8-11,13-14,22H2;1-2H3. The van der Waals surface area contributed by atoms with E-state index in [9.17, 15) is 4.79 Å². The number of aldehydes is 1. The number of nitrogens with one attached hydrogen (secondary N) is 1. The zero-order chi connectivity index (χ0) is 20.9. The monoisotopic (exact) mass is 400 g/mol. The molecule has 1 aliphatic rings. The summed E-state index contributed by atoms with van der Waals surface area (Å²) < 4.78 is 8.08. The fourth-order valence-corrected chi connectivity index (χ4v) is 3.37. The van der Waals surface area contributed by atoms with Gasteiger partial charge >= 0.3 is 0 Å². The molecule has 0 unspecified atom stereocenters. The van der Waals surface area contributed by atoms with Crippen LogP contribution in [0, 0.1) is 0 Å². The van der Waals surface area contributed by atoms with Gasteiger partial charge in [0, 0.05) is 42.8 Å². The van der Waals surface area contributed by atoms with Crippen LogP contribution < -0.4 is 15.8 Å². The van der Waals surface area contributed by atoms with Crippen molar-refractivity contribution in [3.63, 3.8) is 0 Å². The van der Waals surface area contributed by atoms with Gasteiger partial charge in [-0.25, -0.2) is 0 Å². The summed E-state index contributed by atoms with van der Waals surface area (Å²) in [4.78, 5) is 13.4. The number of ether oxygens (including phenoxy) is 1. The molecular weight excluding hydrogens is 364 g/mol. The van der Waals surface area contributed by atoms with E-state index < -0.39 is 0 Å². The Bertz CT molecular complexity index is 723. The number of carbonyl (C=O) groups excluding carboxylic acids is 1. The van der Waals surface area contributed by atoms with Crippen LogP contribution in [0.4, 0.5) is 5.69 Å². The minimum absolute atomic E-state index is 0.660. The molecule has 6 heteroatoms. The maximum Gasteiger partial charge on any atom is 0.151 e. The third-order valence-corrected chi connectivity index (χ3v) is 4.93.